The quantitative estimate of drug-likeness (QED) is 0.513. The maximum atomic E-state index is 7.13. The fourth-order valence-electron chi connectivity index (χ4n) is 4.21. The minimum absolute atomic E-state index is 0.184. The van der Waals surface area contributed by atoms with Crippen molar-refractivity contribution in [2.45, 2.75) is 78.0 Å². The van der Waals surface area contributed by atoms with Crippen LogP contribution in [0.25, 0.3) is 0 Å². The number of rotatable bonds is 6. The average molecular weight is 307 g/mol. The van der Waals surface area contributed by atoms with Crippen molar-refractivity contribution in [2.24, 2.45) is 11.3 Å². The summed E-state index contributed by atoms with van der Waals surface area (Å²) in [7, 11) is 0. The predicted octanol–water partition coefficient (Wildman–Crippen LogP) is 6.70. The molecule has 21 heavy (non-hydrogen) atoms. The van der Waals surface area contributed by atoms with Gasteiger partial charge >= 0.3 is 0 Å². The van der Waals surface area contributed by atoms with Crippen molar-refractivity contribution in [2.75, 3.05) is 0 Å². The zero-order valence-corrected chi connectivity index (χ0v) is 15.0. The summed E-state index contributed by atoms with van der Waals surface area (Å²) in [6.07, 6.45) is 8.76. The van der Waals surface area contributed by atoms with Crippen LogP contribution in [-0.2, 0) is 12.8 Å². The van der Waals surface area contributed by atoms with Crippen LogP contribution in [0.4, 0.5) is 0 Å². The van der Waals surface area contributed by atoms with Gasteiger partial charge in [0.2, 0.25) is 0 Å². The van der Waals surface area contributed by atoms with Crippen LogP contribution in [-0.4, -0.2) is 0 Å². The first-order valence-corrected chi connectivity index (χ1v) is 9.21. The lowest BCUT2D eigenvalue weighted by Gasteiger charge is -2.37. The second-order valence-electron chi connectivity index (χ2n) is 7.27. The first-order valence-electron chi connectivity index (χ1n) is 8.78. The highest BCUT2D eigenvalue weighted by Gasteiger charge is 2.42. The molecule has 0 spiro atoms. The predicted molar refractivity (Wildman–Crippen MR) is 94.1 cm³/mol. The molecule has 1 aliphatic carbocycles. The second kappa shape index (κ2) is 7.18. The van der Waals surface area contributed by atoms with Gasteiger partial charge in [-0.15, -0.1) is 11.6 Å². The van der Waals surface area contributed by atoms with Crippen molar-refractivity contribution in [3.63, 3.8) is 0 Å². The van der Waals surface area contributed by atoms with E-state index in [2.05, 4.69) is 45.9 Å². The van der Waals surface area contributed by atoms with Crippen LogP contribution in [0.2, 0.25) is 0 Å². The molecule has 0 bridgehead atoms. The van der Waals surface area contributed by atoms with Crippen LogP contribution < -0.4 is 0 Å². The van der Waals surface area contributed by atoms with Gasteiger partial charge in [0.15, 0.2) is 0 Å². The van der Waals surface area contributed by atoms with E-state index in [0.717, 1.165) is 18.8 Å². The molecule has 0 saturated heterocycles. The summed E-state index contributed by atoms with van der Waals surface area (Å²) in [6.45, 7) is 9.16. The maximum absolute atomic E-state index is 7.13. The van der Waals surface area contributed by atoms with Gasteiger partial charge in [-0.1, -0.05) is 58.7 Å². The molecule has 0 aliphatic heterocycles. The van der Waals surface area contributed by atoms with E-state index in [4.69, 9.17) is 11.6 Å². The third-order valence-corrected chi connectivity index (χ3v) is 5.92. The molecule has 1 heteroatoms. The van der Waals surface area contributed by atoms with Gasteiger partial charge in [0, 0.05) is 0 Å². The molecule has 1 fully saturated rings. The summed E-state index contributed by atoms with van der Waals surface area (Å²) >= 11 is 7.13. The van der Waals surface area contributed by atoms with E-state index in [-0.39, 0.29) is 5.38 Å². The summed E-state index contributed by atoms with van der Waals surface area (Å²) in [5.41, 5.74) is 4.61. The number of benzene rings is 1. The molecule has 1 unspecified atom stereocenters. The lowest BCUT2D eigenvalue weighted by Crippen LogP contribution is -2.25. The van der Waals surface area contributed by atoms with Crippen LogP contribution in [0.5, 0.6) is 0 Å². The Kier molecular flexibility index (Phi) is 5.77. The van der Waals surface area contributed by atoms with Crippen LogP contribution in [0.15, 0.2) is 18.2 Å². The van der Waals surface area contributed by atoms with Crippen molar-refractivity contribution < 1.29 is 0 Å². The summed E-state index contributed by atoms with van der Waals surface area (Å²) in [5.74, 6) is 0.726. The van der Waals surface area contributed by atoms with Crippen molar-refractivity contribution in [1.82, 2.24) is 0 Å². The molecule has 118 valence electrons. The van der Waals surface area contributed by atoms with Gasteiger partial charge in [-0.05, 0) is 60.1 Å². The summed E-state index contributed by atoms with van der Waals surface area (Å²) in [5, 5.41) is 0.184. The third kappa shape index (κ3) is 3.65. The van der Waals surface area contributed by atoms with Crippen LogP contribution in [0.1, 0.15) is 81.9 Å². The minimum Gasteiger partial charge on any atom is -0.117 e. The van der Waals surface area contributed by atoms with Gasteiger partial charge in [0.05, 0.1) is 5.38 Å². The maximum Gasteiger partial charge on any atom is 0.0644 e. The van der Waals surface area contributed by atoms with E-state index < -0.39 is 0 Å². The van der Waals surface area contributed by atoms with Crippen LogP contribution in [0.3, 0.4) is 0 Å². The monoisotopic (exact) mass is 306 g/mol. The van der Waals surface area contributed by atoms with E-state index in [1.54, 1.807) is 0 Å². The molecule has 1 aromatic rings. The molecular weight excluding hydrogens is 276 g/mol. The second-order valence-corrected chi connectivity index (χ2v) is 7.71. The standard InChI is InChI=1S/C20H31Cl/c1-5-16-9-10-17(6-2)18(13-16)19(21)20(14-15(3)4)11-7-8-12-20/h9-10,13,15,19H,5-8,11-12,14H2,1-4H3. The number of hydrogen-bond donors (Lipinski definition) is 0. The van der Waals surface area contributed by atoms with Crippen LogP contribution >= 0.6 is 11.6 Å². The molecule has 0 aromatic heterocycles. The highest BCUT2D eigenvalue weighted by molar-refractivity contribution is 6.21. The number of aryl methyl sites for hydroxylation is 2. The van der Waals surface area contributed by atoms with Crippen LogP contribution in [0, 0.1) is 11.3 Å². The molecule has 0 nitrogen and oxygen atoms in total. The molecule has 0 amide bonds. The lowest BCUT2D eigenvalue weighted by atomic mass is 9.72. The largest absolute Gasteiger partial charge is 0.117 e. The number of halogens is 1. The van der Waals surface area contributed by atoms with Gasteiger partial charge in [0.1, 0.15) is 0 Å². The Morgan fingerprint density at radius 2 is 1.76 bits per heavy atom. The minimum atomic E-state index is 0.184. The zero-order chi connectivity index (χ0) is 15.5. The SMILES string of the molecule is CCc1ccc(CC)c(C(Cl)C2(CC(C)C)CCCC2)c1. The molecule has 1 atom stereocenters. The third-order valence-electron chi connectivity index (χ3n) is 5.22. The topological polar surface area (TPSA) is 0 Å². The Morgan fingerprint density at radius 3 is 2.29 bits per heavy atom. The highest BCUT2D eigenvalue weighted by Crippen LogP contribution is 2.55. The first kappa shape index (κ1) is 16.9. The number of hydrogen-bond acceptors (Lipinski definition) is 0. The molecule has 1 aliphatic rings. The summed E-state index contributed by atoms with van der Waals surface area (Å²) in [4.78, 5) is 0. The van der Waals surface area contributed by atoms with E-state index in [1.165, 1.54) is 48.8 Å². The van der Waals surface area contributed by atoms with E-state index >= 15 is 0 Å². The molecule has 0 heterocycles. The molecule has 2 rings (SSSR count). The fourth-order valence-corrected chi connectivity index (χ4v) is 4.72. The number of alkyl halides is 1. The van der Waals surface area contributed by atoms with Gasteiger partial charge in [-0.2, -0.15) is 0 Å². The van der Waals surface area contributed by atoms with E-state index in [0.29, 0.717) is 5.41 Å². The van der Waals surface area contributed by atoms with Crippen molar-refractivity contribution in [3.05, 3.63) is 34.9 Å². The van der Waals surface area contributed by atoms with E-state index in [1.807, 2.05) is 0 Å². The van der Waals surface area contributed by atoms with Crippen molar-refractivity contribution in [1.29, 1.82) is 0 Å². The van der Waals surface area contributed by atoms with Gasteiger partial charge in [-0.25, -0.2) is 0 Å². The van der Waals surface area contributed by atoms with Crippen molar-refractivity contribution in [3.8, 4) is 0 Å². The fraction of sp³-hybridized carbons (Fsp3) is 0.700. The molecule has 0 N–H and O–H groups in total. The smallest absolute Gasteiger partial charge is 0.0644 e. The van der Waals surface area contributed by atoms with Gasteiger partial charge in [0.25, 0.3) is 0 Å². The lowest BCUT2D eigenvalue weighted by molar-refractivity contribution is 0.223. The summed E-state index contributed by atoms with van der Waals surface area (Å²) < 4.78 is 0. The Balaban J connectivity index is 2.38. The van der Waals surface area contributed by atoms with Gasteiger partial charge in [-0.3, -0.25) is 0 Å². The molecule has 0 radical (unpaired) electrons. The molecular formula is C20H31Cl. The molecule has 1 saturated carbocycles. The van der Waals surface area contributed by atoms with Crippen molar-refractivity contribution >= 4 is 11.6 Å². The Bertz CT molecular complexity index is 455. The normalized spacial score (nSPS) is 19.1. The first-order chi connectivity index (χ1) is 10.0. The molecule has 1 aromatic carbocycles. The summed E-state index contributed by atoms with van der Waals surface area (Å²) in [6, 6.07) is 6.97. The zero-order valence-electron chi connectivity index (χ0n) is 14.2. The Labute approximate surface area is 136 Å². The van der Waals surface area contributed by atoms with E-state index in [9.17, 15) is 0 Å². The Hall–Kier alpha value is -0.490. The Morgan fingerprint density at radius 1 is 1.10 bits per heavy atom. The average Bonchev–Trinajstić information content (AvgIpc) is 2.94. The highest BCUT2D eigenvalue weighted by atomic mass is 35.5. The van der Waals surface area contributed by atoms with Gasteiger partial charge < -0.3 is 0 Å².